The minimum atomic E-state index is 0.426. The number of amidine groups is 1. The van der Waals surface area contributed by atoms with Crippen molar-refractivity contribution >= 4 is 16.9 Å². The van der Waals surface area contributed by atoms with E-state index in [-0.39, 0.29) is 0 Å². The van der Waals surface area contributed by atoms with Gasteiger partial charge < -0.3 is 0 Å². The Morgan fingerprint density at radius 2 is 2.33 bits per heavy atom. The van der Waals surface area contributed by atoms with E-state index in [0.717, 1.165) is 13.1 Å². The molecular formula is C3H4ClN2. The van der Waals surface area contributed by atoms with Crippen LogP contribution in [0.3, 0.4) is 0 Å². The van der Waals surface area contributed by atoms with Crippen LogP contribution in [-0.4, -0.2) is 18.4 Å². The van der Waals surface area contributed by atoms with Gasteiger partial charge in [-0.05, 0) is 11.6 Å². The number of aliphatic imine (C=N–C) groups is 1. The molecule has 3 heteroatoms. The van der Waals surface area contributed by atoms with Crippen molar-refractivity contribution in [3.8, 4) is 0 Å². The first-order chi connectivity index (χ1) is 2.89. The predicted molar refractivity (Wildman–Crippen MR) is 25.2 cm³/mol. The molecule has 0 bridgehead atoms. The van der Waals surface area contributed by atoms with Gasteiger partial charge in [0.05, 0.1) is 13.1 Å². The van der Waals surface area contributed by atoms with Gasteiger partial charge in [-0.1, -0.05) is 0 Å². The lowest BCUT2D eigenvalue weighted by molar-refractivity contribution is 0.950. The average molecular weight is 104 g/mol. The number of halogens is 1. The van der Waals surface area contributed by atoms with E-state index in [2.05, 4.69) is 10.3 Å². The smallest absolute Gasteiger partial charge is 0.213 e. The molecule has 1 aliphatic heterocycles. The van der Waals surface area contributed by atoms with Crippen molar-refractivity contribution < 1.29 is 0 Å². The zero-order chi connectivity index (χ0) is 4.41. The molecule has 0 aromatic heterocycles. The summed E-state index contributed by atoms with van der Waals surface area (Å²) in [5.41, 5.74) is 0. The van der Waals surface area contributed by atoms with Crippen molar-refractivity contribution in [3.05, 3.63) is 0 Å². The summed E-state index contributed by atoms with van der Waals surface area (Å²) in [6.45, 7) is 1.55. The van der Waals surface area contributed by atoms with E-state index in [1.807, 2.05) is 0 Å². The lowest BCUT2D eigenvalue weighted by atomic mass is 10.7. The number of rotatable bonds is 0. The zero-order valence-corrected chi connectivity index (χ0v) is 3.94. The Bertz CT molecular complexity index is 78.9. The molecule has 0 N–H and O–H groups in total. The van der Waals surface area contributed by atoms with Gasteiger partial charge in [0, 0.05) is 0 Å². The minimum absolute atomic E-state index is 0.426. The number of nitrogens with zero attached hydrogens (tertiary/aromatic N) is 2. The van der Waals surface area contributed by atoms with Gasteiger partial charge in [-0.3, -0.25) is 10.3 Å². The van der Waals surface area contributed by atoms with E-state index >= 15 is 0 Å². The normalized spacial score (nSPS) is 19.8. The molecule has 0 aromatic carbocycles. The third-order valence-electron chi connectivity index (χ3n) is 0.585. The van der Waals surface area contributed by atoms with Crippen molar-refractivity contribution in [1.29, 1.82) is 0 Å². The highest BCUT2D eigenvalue weighted by molar-refractivity contribution is 6.64. The first kappa shape index (κ1) is 3.93. The second-order valence-corrected chi connectivity index (χ2v) is 1.37. The van der Waals surface area contributed by atoms with Gasteiger partial charge in [0.15, 0.2) is 0 Å². The van der Waals surface area contributed by atoms with Crippen LogP contribution in [0, 0.1) is 0 Å². The van der Waals surface area contributed by atoms with Crippen LogP contribution >= 0.6 is 11.6 Å². The van der Waals surface area contributed by atoms with Crippen LogP contribution < -0.4 is 5.32 Å². The van der Waals surface area contributed by atoms with Crippen molar-refractivity contribution in [3.63, 3.8) is 0 Å². The fourth-order valence-electron chi connectivity index (χ4n) is 0.335. The maximum absolute atomic E-state index is 5.30. The highest BCUT2D eigenvalue weighted by Gasteiger charge is 1.99. The second kappa shape index (κ2) is 1.47. The van der Waals surface area contributed by atoms with E-state index in [9.17, 15) is 0 Å². The molecule has 0 aliphatic carbocycles. The molecule has 1 rings (SSSR count). The summed E-state index contributed by atoms with van der Waals surface area (Å²) >= 11 is 5.30. The first-order valence-electron chi connectivity index (χ1n) is 1.77. The van der Waals surface area contributed by atoms with Gasteiger partial charge in [-0.2, -0.15) is 0 Å². The predicted octanol–water partition coefficient (Wildman–Crippen LogP) is 0.199. The van der Waals surface area contributed by atoms with Crippen LogP contribution in [0.5, 0.6) is 0 Å². The van der Waals surface area contributed by atoms with Gasteiger partial charge in [0.25, 0.3) is 0 Å². The van der Waals surface area contributed by atoms with E-state index in [1.54, 1.807) is 0 Å². The molecular weight excluding hydrogens is 99.5 g/mol. The number of hydrogen-bond donors (Lipinski definition) is 0. The molecule has 0 aromatic rings. The summed E-state index contributed by atoms with van der Waals surface area (Å²) in [6, 6.07) is 0. The Labute approximate surface area is 41.2 Å². The number of hydrogen-bond acceptors (Lipinski definition) is 1. The Hall–Kier alpha value is -0.240. The lowest BCUT2D eigenvalue weighted by Gasteiger charge is -1.77. The van der Waals surface area contributed by atoms with Crippen molar-refractivity contribution in [2.45, 2.75) is 0 Å². The quantitative estimate of drug-likeness (QED) is 0.392. The summed E-state index contributed by atoms with van der Waals surface area (Å²) in [4.78, 5) is 3.75. The fraction of sp³-hybridized carbons (Fsp3) is 0.667. The minimum Gasteiger partial charge on any atom is -0.255 e. The Kier molecular flexibility index (Phi) is 0.965. The summed E-state index contributed by atoms with van der Waals surface area (Å²) in [5.74, 6) is 0. The van der Waals surface area contributed by atoms with Gasteiger partial charge in [-0.25, -0.2) is 0 Å². The van der Waals surface area contributed by atoms with Gasteiger partial charge >= 0.3 is 0 Å². The van der Waals surface area contributed by atoms with Crippen molar-refractivity contribution in [1.82, 2.24) is 5.32 Å². The molecule has 0 saturated carbocycles. The van der Waals surface area contributed by atoms with E-state index in [4.69, 9.17) is 11.6 Å². The Morgan fingerprint density at radius 1 is 1.50 bits per heavy atom. The summed E-state index contributed by atoms with van der Waals surface area (Å²) in [6.07, 6.45) is 0. The molecule has 33 valence electrons. The molecule has 0 amide bonds. The van der Waals surface area contributed by atoms with Crippen LogP contribution in [0.25, 0.3) is 0 Å². The monoisotopic (exact) mass is 103 g/mol. The highest BCUT2D eigenvalue weighted by Crippen LogP contribution is 1.89. The molecule has 0 fully saturated rings. The first-order valence-corrected chi connectivity index (χ1v) is 2.15. The summed E-state index contributed by atoms with van der Waals surface area (Å²) in [5, 5.41) is 4.18. The van der Waals surface area contributed by atoms with Crippen molar-refractivity contribution in [2.24, 2.45) is 4.99 Å². The molecule has 1 heterocycles. The van der Waals surface area contributed by atoms with Crippen LogP contribution in [0.4, 0.5) is 0 Å². The van der Waals surface area contributed by atoms with Crippen LogP contribution in [-0.2, 0) is 0 Å². The Morgan fingerprint density at radius 3 is 2.50 bits per heavy atom. The molecule has 6 heavy (non-hydrogen) atoms. The Balaban J connectivity index is 2.45. The van der Waals surface area contributed by atoms with Gasteiger partial charge in [-0.15, -0.1) is 0 Å². The molecule has 0 unspecified atom stereocenters. The SMILES string of the molecule is ClC1=NCC[N]1. The third-order valence-corrected chi connectivity index (χ3v) is 0.824. The van der Waals surface area contributed by atoms with Crippen LogP contribution in [0.2, 0.25) is 0 Å². The maximum atomic E-state index is 5.30. The molecule has 1 radical (unpaired) electrons. The molecule has 0 atom stereocenters. The lowest BCUT2D eigenvalue weighted by Crippen LogP contribution is -2.01. The highest BCUT2D eigenvalue weighted by atomic mass is 35.5. The van der Waals surface area contributed by atoms with E-state index < -0.39 is 0 Å². The van der Waals surface area contributed by atoms with Gasteiger partial charge in [0.1, 0.15) is 0 Å². The maximum Gasteiger partial charge on any atom is 0.213 e. The third kappa shape index (κ3) is 0.627. The van der Waals surface area contributed by atoms with E-state index in [1.165, 1.54) is 0 Å². The van der Waals surface area contributed by atoms with E-state index in [0.29, 0.717) is 5.29 Å². The fourth-order valence-corrected chi connectivity index (χ4v) is 0.504. The standard InChI is InChI=1S/C3H4ClN2/c4-3-5-1-2-6-3/h1-2H2. The summed E-state index contributed by atoms with van der Waals surface area (Å²) in [7, 11) is 0. The topological polar surface area (TPSA) is 26.5 Å². The van der Waals surface area contributed by atoms with Crippen molar-refractivity contribution in [2.75, 3.05) is 13.1 Å². The average Bonchev–Trinajstić information content (AvgIpc) is 1.86. The van der Waals surface area contributed by atoms with Crippen LogP contribution in [0.1, 0.15) is 0 Å². The second-order valence-electron chi connectivity index (χ2n) is 1.03. The van der Waals surface area contributed by atoms with Crippen LogP contribution in [0.15, 0.2) is 4.99 Å². The molecule has 2 nitrogen and oxygen atoms in total. The summed E-state index contributed by atoms with van der Waals surface area (Å²) < 4.78 is 0. The molecule has 0 spiro atoms. The molecule has 1 aliphatic rings. The largest absolute Gasteiger partial charge is 0.255 e. The zero-order valence-electron chi connectivity index (χ0n) is 3.19. The molecule has 0 saturated heterocycles. The van der Waals surface area contributed by atoms with Gasteiger partial charge in [0.2, 0.25) is 5.29 Å².